The summed E-state index contributed by atoms with van der Waals surface area (Å²) in [5.74, 6) is 0.799. The summed E-state index contributed by atoms with van der Waals surface area (Å²) in [5, 5.41) is 7.06. The Kier molecular flexibility index (Phi) is 4.85. The highest BCUT2D eigenvalue weighted by Gasteiger charge is 2.24. The number of amides is 1. The number of hydrogen-bond donors (Lipinski definition) is 1. The summed E-state index contributed by atoms with van der Waals surface area (Å²) in [6, 6.07) is 4.01. The zero-order valence-electron chi connectivity index (χ0n) is 12.5. The van der Waals surface area contributed by atoms with Gasteiger partial charge in [-0.25, -0.2) is 4.98 Å². The van der Waals surface area contributed by atoms with Crippen LogP contribution in [0.25, 0.3) is 0 Å². The van der Waals surface area contributed by atoms with E-state index in [2.05, 4.69) is 20.3 Å². The maximum absolute atomic E-state index is 12.1. The highest BCUT2D eigenvalue weighted by molar-refractivity contribution is 5.78. The third-order valence-electron chi connectivity index (χ3n) is 4.00. The second kappa shape index (κ2) is 7.22. The molecule has 0 bridgehead atoms. The van der Waals surface area contributed by atoms with Crippen molar-refractivity contribution in [2.24, 2.45) is 0 Å². The van der Waals surface area contributed by atoms with Crippen LogP contribution in [0.4, 0.5) is 0 Å². The lowest BCUT2D eigenvalue weighted by molar-refractivity contribution is -0.123. The van der Waals surface area contributed by atoms with E-state index >= 15 is 0 Å². The van der Waals surface area contributed by atoms with E-state index in [1.165, 1.54) is 6.42 Å². The molecule has 3 rings (SSSR count). The molecule has 2 aromatic heterocycles. The first-order valence-corrected chi connectivity index (χ1v) is 7.67. The molecule has 1 atom stereocenters. The predicted molar refractivity (Wildman–Crippen MR) is 79.8 cm³/mol. The zero-order chi connectivity index (χ0) is 15.2. The number of carbonyl (C=O) groups is 1. The van der Waals surface area contributed by atoms with Crippen LogP contribution in [0.5, 0.6) is 0 Å². The molecule has 7 heteroatoms. The smallest absolute Gasteiger partial charge is 0.234 e. The van der Waals surface area contributed by atoms with Crippen molar-refractivity contribution >= 4 is 5.91 Å². The molecule has 0 aliphatic carbocycles. The standard InChI is InChI=1S/C15H21N5O2/c21-15(17-8-14-5-3-7-22-14)10-19-6-2-1-4-13(19)9-20-12-16-11-18-20/h3,5,7,11-13H,1-2,4,6,8-10H2,(H,17,21)/t13-/m1/s1. The van der Waals surface area contributed by atoms with Crippen LogP contribution in [0.3, 0.4) is 0 Å². The van der Waals surface area contributed by atoms with Gasteiger partial charge in [0.05, 0.1) is 25.9 Å². The van der Waals surface area contributed by atoms with Crippen LogP contribution in [0.1, 0.15) is 25.0 Å². The molecule has 1 amide bonds. The van der Waals surface area contributed by atoms with Crippen LogP contribution in [0.2, 0.25) is 0 Å². The third kappa shape index (κ3) is 3.94. The molecule has 0 saturated carbocycles. The molecule has 1 N–H and O–H groups in total. The monoisotopic (exact) mass is 303 g/mol. The number of nitrogens with one attached hydrogen (secondary N) is 1. The van der Waals surface area contributed by atoms with Gasteiger partial charge in [-0.1, -0.05) is 6.42 Å². The lowest BCUT2D eigenvalue weighted by Crippen LogP contribution is -2.47. The molecule has 2 aromatic rings. The molecular formula is C15H21N5O2. The van der Waals surface area contributed by atoms with E-state index in [0.717, 1.165) is 31.7 Å². The van der Waals surface area contributed by atoms with E-state index in [-0.39, 0.29) is 5.91 Å². The topological polar surface area (TPSA) is 76.2 Å². The van der Waals surface area contributed by atoms with Crippen LogP contribution in [-0.2, 0) is 17.9 Å². The molecule has 7 nitrogen and oxygen atoms in total. The molecular weight excluding hydrogens is 282 g/mol. The highest BCUT2D eigenvalue weighted by atomic mass is 16.3. The Hall–Kier alpha value is -2.15. The number of carbonyl (C=O) groups excluding carboxylic acids is 1. The SMILES string of the molecule is O=C(CN1CCCC[C@@H]1Cn1cncn1)NCc1ccco1. The van der Waals surface area contributed by atoms with Crippen molar-refractivity contribution in [2.75, 3.05) is 13.1 Å². The fourth-order valence-corrected chi connectivity index (χ4v) is 2.86. The average molecular weight is 303 g/mol. The van der Waals surface area contributed by atoms with Gasteiger partial charge in [-0.15, -0.1) is 0 Å². The Morgan fingerprint density at radius 2 is 2.41 bits per heavy atom. The van der Waals surface area contributed by atoms with E-state index in [1.54, 1.807) is 18.9 Å². The minimum Gasteiger partial charge on any atom is -0.467 e. The van der Waals surface area contributed by atoms with E-state index < -0.39 is 0 Å². The van der Waals surface area contributed by atoms with Crippen molar-refractivity contribution in [3.05, 3.63) is 36.8 Å². The van der Waals surface area contributed by atoms with Gasteiger partial charge in [-0.3, -0.25) is 14.4 Å². The number of likely N-dealkylation sites (tertiary alicyclic amines) is 1. The molecule has 0 radical (unpaired) electrons. The minimum absolute atomic E-state index is 0.0295. The number of furan rings is 1. The van der Waals surface area contributed by atoms with Crippen LogP contribution in [0, 0.1) is 0 Å². The largest absolute Gasteiger partial charge is 0.467 e. The third-order valence-corrected chi connectivity index (χ3v) is 4.00. The van der Waals surface area contributed by atoms with Crippen LogP contribution in [-0.4, -0.2) is 44.7 Å². The molecule has 1 aliphatic heterocycles. The summed E-state index contributed by atoms with van der Waals surface area (Å²) in [5.41, 5.74) is 0. The van der Waals surface area contributed by atoms with Gasteiger partial charge in [0.2, 0.25) is 5.91 Å². The Balaban J connectivity index is 1.51. The van der Waals surface area contributed by atoms with Crippen molar-refractivity contribution in [2.45, 2.75) is 38.4 Å². The predicted octanol–water partition coefficient (Wildman–Crippen LogP) is 1.04. The molecule has 0 unspecified atom stereocenters. The van der Waals surface area contributed by atoms with Crippen molar-refractivity contribution in [3.8, 4) is 0 Å². The summed E-state index contributed by atoms with van der Waals surface area (Å²) >= 11 is 0. The lowest BCUT2D eigenvalue weighted by atomic mass is 10.0. The molecule has 0 spiro atoms. The Morgan fingerprint density at radius 3 is 3.18 bits per heavy atom. The van der Waals surface area contributed by atoms with E-state index in [1.807, 2.05) is 16.8 Å². The molecule has 1 aliphatic rings. The lowest BCUT2D eigenvalue weighted by Gasteiger charge is -2.34. The van der Waals surface area contributed by atoms with Crippen molar-refractivity contribution in [3.63, 3.8) is 0 Å². The zero-order valence-corrected chi connectivity index (χ0v) is 12.5. The molecule has 0 aromatic carbocycles. The van der Waals surface area contributed by atoms with Gasteiger partial charge in [0.15, 0.2) is 0 Å². The summed E-state index contributed by atoms with van der Waals surface area (Å²) in [7, 11) is 0. The van der Waals surface area contributed by atoms with Crippen LogP contribution < -0.4 is 5.32 Å². The van der Waals surface area contributed by atoms with Crippen molar-refractivity contribution < 1.29 is 9.21 Å². The summed E-state index contributed by atoms with van der Waals surface area (Å²) in [6.07, 6.45) is 8.31. The van der Waals surface area contributed by atoms with Gasteiger partial charge in [-0.2, -0.15) is 5.10 Å². The van der Waals surface area contributed by atoms with Gasteiger partial charge >= 0.3 is 0 Å². The number of hydrogen-bond acceptors (Lipinski definition) is 5. The van der Waals surface area contributed by atoms with Crippen molar-refractivity contribution in [1.29, 1.82) is 0 Å². The van der Waals surface area contributed by atoms with Gasteiger partial charge in [0.25, 0.3) is 0 Å². The second-order valence-electron chi connectivity index (χ2n) is 5.59. The van der Waals surface area contributed by atoms with Crippen LogP contribution >= 0.6 is 0 Å². The van der Waals surface area contributed by atoms with Crippen LogP contribution in [0.15, 0.2) is 35.5 Å². The molecule has 22 heavy (non-hydrogen) atoms. The fourth-order valence-electron chi connectivity index (χ4n) is 2.86. The van der Waals surface area contributed by atoms with E-state index in [0.29, 0.717) is 19.1 Å². The number of piperidine rings is 1. The summed E-state index contributed by atoms with van der Waals surface area (Å²) in [4.78, 5) is 18.3. The first-order valence-electron chi connectivity index (χ1n) is 7.67. The van der Waals surface area contributed by atoms with E-state index in [9.17, 15) is 4.79 Å². The minimum atomic E-state index is 0.0295. The fraction of sp³-hybridized carbons (Fsp3) is 0.533. The highest BCUT2D eigenvalue weighted by Crippen LogP contribution is 2.17. The van der Waals surface area contributed by atoms with Gasteiger partial charge < -0.3 is 9.73 Å². The first-order chi connectivity index (χ1) is 10.8. The second-order valence-corrected chi connectivity index (χ2v) is 5.59. The first kappa shape index (κ1) is 14.8. The molecule has 3 heterocycles. The number of nitrogens with zero attached hydrogens (tertiary/aromatic N) is 4. The van der Waals surface area contributed by atoms with E-state index in [4.69, 9.17) is 4.42 Å². The van der Waals surface area contributed by atoms with Gasteiger partial charge in [0, 0.05) is 6.04 Å². The maximum Gasteiger partial charge on any atom is 0.234 e. The number of rotatable bonds is 6. The molecule has 1 fully saturated rings. The molecule has 1 saturated heterocycles. The Labute approximate surface area is 129 Å². The quantitative estimate of drug-likeness (QED) is 0.863. The van der Waals surface area contributed by atoms with Gasteiger partial charge in [-0.05, 0) is 31.5 Å². The Morgan fingerprint density at radius 1 is 1.45 bits per heavy atom. The number of aromatic nitrogens is 3. The molecule has 118 valence electrons. The summed E-state index contributed by atoms with van der Waals surface area (Å²) < 4.78 is 7.06. The summed E-state index contributed by atoms with van der Waals surface area (Å²) in [6.45, 7) is 2.59. The van der Waals surface area contributed by atoms with Crippen molar-refractivity contribution in [1.82, 2.24) is 25.0 Å². The maximum atomic E-state index is 12.1. The average Bonchev–Trinajstić information content (AvgIpc) is 3.20. The Bertz CT molecular complexity index is 567. The van der Waals surface area contributed by atoms with Gasteiger partial charge in [0.1, 0.15) is 18.4 Å². The normalized spacial score (nSPS) is 19.2.